The van der Waals surface area contributed by atoms with E-state index in [0.29, 0.717) is 12.5 Å². The third-order valence-electron chi connectivity index (χ3n) is 1.20. The van der Waals surface area contributed by atoms with Crippen LogP contribution in [0.3, 0.4) is 0 Å². The summed E-state index contributed by atoms with van der Waals surface area (Å²) in [5.41, 5.74) is 5.61. The Balaban J connectivity index is 3.80. The Morgan fingerprint density at radius 2 is 2.08 bits per heavy atom. The first-order valence-corrected chi connectivity index (χ1v) is 4.43. The van der Waals surface area contributed by atoms with Crippen LogP contribution in [-0.4, -0.2) is 18.0 Å². The molecule has 0 saturated heterocycles. The van der Waals surface area contributed by atoms with Crippen LogP contribution >= 0.6 is 0 Å². The maximum atomic E-state index is 5.63. The molecule has 0 aromatic rings. The second-order valence-electron chi connectivity index (χ2n) is 3.82. The highest BCUT2D eigenvalue weighted by Crippen LogP contribution is 1.96. The lowest BCUT2D eigenvalue weighted by Gasteiger charge is -2.20. The Labute approximate surface area is 80.8 Å². The molecule has 0 aromatic carbocycles. The van der Waals surface area contributed by atoms with Gasteiger partial charge in [-0.15, -0.1) is 11.8 Å². The molecule has 0 saturated carbocycles. The van der Waals surface area contributed by atoms with Crippen LogP contribution in [0.4, 0.5) is 0 Å². The zero-order valence-corrected chi connectivity index (χ0v) is 8.94. The molecule has 0 rings (SSSR count). The highest BCUT2D eigenvalue weighted by Gasteiger charge is 2.08. The number of nitrogens with one attached hydrogen (secondary N) is 1. The topological polar surface area (TPSA) is 50.4 Å². The van der Waals surface area contributed by atoms with Crippen molar-refractivity contribution < 1.29 is 0 Å². The van der Waals surface area contributed by atoms with Gasteiger partial charge in [0.2, 0.25) is 0 Å². The molecule has 0 aromatic heterocycles. The largest absolute Gasteiger partial charge is 0.370 e. The fourth-order valence-corrected chi connectivity index (χ4v) is 0.781. The van der Waals surface area contributed by atoms with Crippen molar-refractivity contribution in [2.45, 2.75) is 39.7 Å². The molecule has 0 radical (unpaired) electrons. The first-order chi connectivity index (χ1) is 5.95. The molecule has 0 unspecified atom stereocenters. The van der Waals surface area contributed by atoms with E-state index in [1.54, 1.807) is 0 Å². The molecular weight excluding hydrogens is 162 g/mol. The summed E-state index contributed by atoms with van der Waals surface area (Å²) in [5.74, 6) is 6.23. The van der Waals surface area contributed by atoms with Gasteiger partial charge in [0.15, 0.2) is 5.96 Å². The van der Waals surface area contributed by atoms with Gasteiger partial charge in [0, 0.05) is 12.0 Å². The van der Waals surface area contributed by atoms with Crippen LogP contribution in [0.1, 0.15) is 34.1 Å². The Kier molecular flexibility index (Phi) is 4.98. The zero-order chi connectivity index (χ0) is 10.3. The number of guanidine groups is 1. The first kappa shape index (κ1) is 11.8. The molecule has 3 heteroatoms. The van der Waals surface area contributed by atoms with E-state index in [-0.39, 0.29) is 5.54 Å². The molecule has 0 heterocycles. The number of hydrogen-bond donors (Lipinski definition) is 2. The molecule has 0 amide bonds. The zero-order valence-electron chi connectivity index (χ0n) is 8.94. The molecule has 0 fully saturated rings. The van der Waals surface area contributed by atoms with Crippen molar-refractivity contribution in [3.05, 3.63) is 0 Å². The fraction of sp³-hybridized carbons (Fsp3) is 0.700. The summed E-state index contributed by atoms with van der Waals surface area (Å²) in [6.45, 7) is 8.61. The molecule has 74 valence electrons. The number of aliphatic imine (C=N–C) groups is 1. The SMILES string of the molecule is CC#CCCN=C(N)NC(C)(C)C. The lowest BCUT2D eigenvalue weighted by Crippen LogP contribution is -2.45. The van der Waals surface area contributed by atoms with Gasteiger partial charge >= 0.3 is 0 Å². The normalized spacial score (nSPS) is 11.8. The smallest absolute Gasteiger partial charge is 0.189 e. The first-order valence-electron chi connectivity index (χ1n) is 4.43. The van der Waals surface area contributed by atoms with Gasteiger partial charge in [-0.1, -0.05) is 0 Å². The van der Waals surface area contributed by atoms with Gasteiger partial charge in [0.25, 0.3) is 0 Å². The summed E-state index contributed by atoms with van der Waals surface area (Å²) >= 11 is 0. The van der Waals surface area contributed by atoms with Gasteiger partial charge < -0.3 is 11.1 Å². The number of hydrogen-bond acceptors (Lipinski definition) is 1. The van der Waals surface area contributed by atoms with Gasteiger partial charge in [-0.05, 0) is 27.7 Å². The lowest BCUT2D eigenvalue weighted by atomic mass is 10.1. The highest BCUT2D eigenvalue weighted by molar-refractivity contribution is 5.78. The summed E-state index contributed by atoms with van der Waals surface area (Å²) in [4.78, 5) is 4.13. The molecule has 0 atom stereocenters. The van der Waals surface area contributed by atoms with E-state index in [1.165, 1.54) is 0 Å². The summed E-state index contributed by atoms with van der Waals surface area (Å²) < 4.78 is 0. The predicted octanol–water partition coefficient (Wildman–Crippen LogP) is 1.10. The van der Waals surface area contributed by atoms with Crippen molar-refractivity contribution >= 4 is 5.96 Å². The van der Waals surface area contributed by atoms with E-state index < -0.39 is 0 Å². The third kappa shape index (κ3) is 8.74. The Bertz CT molecular complexity index is 225. The molecule has 13 heavy (non-hydrogen) atoms. The predicted molar refractivity (Wildman–Crippen MR) is 57.4 cm³/mol. The van der Waals surface area contributed by atoms with Crippen LogP contribution in [0.2, 0.25) is 0 Å². The van der Waals surface area contributed by atoms with Crippen LogP contribution in [0, 0.1) is 11.8 Å². The van der Waals surface area contributed by atoms with E-state index >= 15 is 0 Å². The Morgan fingerprint density at radius 3 is 2.54 bits per heavy atom. The number of nitrogens with zero attached hydrogens (tertiary/aromatic N) is 1. The monoisotopic (exact) mass is 181 g/mol. The number of rotatable bonds is 2. The van der Waals surface area contributed by atoms with E-state index in [1.807, 2.05) is 27.7 Å². The summed E-state index contributed by atoms with van der Waals surface area (Å²) in [5, 5.41) is 3.08. The van der Waals surface area contributed by atoms with Crippen molar-refractivity contribution in [2.75, 3.05) is 6.54 Å². The van der Waals surface area contributed by atoms with Crippen molar-refractivity contribution in [3.8, 4) is 11.8 Å². The van der Waals surface area contributed by atoms with Crippen molar-refractivity contribution in [2.24, 2.45) is 10.7 Å². The maximum absolute atomic E-state index is 5.63. The van der Waals surface area contributed by atoms with Crippen molar-refractivity contribution in [1.82, 2.24) is 5.32 Å². The van der Waals surface area contributed by atoms with Gasteiger partial charge in [-0.25, -0.2) is 0 Å². The Morgan fingerprint density at radius 1 is 1.46 bits per heavy atom. The molecule has 0 aliphatic heterocycles. The molecule has 3 N–H and O–H groups in total. The van der Waals surface area contributed by atoms with Gasteiger partial charge in [0.1, 0.15) is 0 Å². The van der Waals surface area contributed by atoms with E-state index in [4.69, 9.17) is 5.73 Å². The van der Waals surface area contributed by atoms with Crippen molar-refractivity contribution in [1.29, 1.82) is 0 Å². The average molecular weight is 181 g/mol. The van der Waals surface area contributed by atoms with Crippen LogP contribution in [0.15, 0.2) is 4.99 Å². The fourth-order valence-electron chi connectivity index (χ4n) is 0.781. The van der Waals surface area contributed by atoms with E-state index in [9.17, 15) is 0 Å². The minimum absolute atomic E-state index is 0.0238. The highest BCUT2D eigenvalue weighted by atomic mass is 15.1. The number of nitrogens with two attached hydrogens (primary N) is 1. The minimum atomic E-state index is -0.0238. The minimum Gasteiger partial charge on any atom is -0.370 e. The van der Waals surface area contributed by atoms with Gasteiger partial charge in [0.05, 0.1) is 6.54 Å². The van der Waals surface area contributed by atoms with Crippen LogP contribution in [0.25, 0.3) is 0 Å². The van der Waals surface area contributed by atoms with Crippen molar-refractivity contribution in [3.63, 3.8) is 0 Å². The standard InChI is InChI=1S/C10H19N3/c1-5-6-7-8-12-9(11)13-10(2,3)4/h7-8H2,1-4H3,(H3,11,12,13). The Hall–Kier alpha value is -1.17. The second kappa shape index (κ2) is 5.47. The third-order valence-corrected chi connectivity index (χ3v) is 1.20. The summed E-state index contributed by atoms with van der Waals surface area (Å²) in [6, 6.07) is 0. The summed E-state index contributed by atoms with van der Waals surface area (Å²) in [7, 11) is 0. The quantitative estimate of drug-likeness (QED) is 0.290. The average Bonchev–Trinajstić information content (AvgIpc) is 1.94. The van der Waals surface area contributed by atoms with Crippen LogP contribution < -0.4 is 11.1 Å². The molecule has 0 spiro atoms. The molecule has 0 aliphatic carbocycles. The summed E-state index contributed by atoms with van der Waals surface area (Å²) in [6.07, 6.45) is 0.767. The van der Waals surface area contributed by atoms with E-state index in [0.717, 1.165) is 6.42 Å². The second-order valence-corrected chi connectivity index (χ2v) is 3.82. The maximum Gasteiger partial charge on any atom is 0.189 e. The van der Waals surface area contributed by atoms with E-state index in [2.05, 4.69) is 22.2 Å². The van der Waals surface area contributed by atoms with Gasteiger partial charge in [-0.2, -0.15) is 0 Å². The van der Waals surface area contributed by atoms with Crippen LogP contribution in [0.5, 0.6) is 0 Å². The van der Waals surface area contributed by atoms with Gasteiger partial charge in [-0.3, -0.25) is 4.99 Å². The molecular formula is C10H19N3. The van der Waals surface area contributed by atoms with Crippen LogP contribution in [-0.2, 0) is 0 Å². The molecule has 0 aliphatic rings. The lowest BCUT2D eigenvalue weighted by molar-refractivity contribution is 0.508. The molecule has 0 bridgehead atoms. The molecule has 3 nitrogen and oxygen atoms in total.